The summed E-state index contributed by atoms with van der Waals surface area (Å²) in [7, 11) is 1.61. The molecule has 0 unspecified atom stereocenters. The lowest BCUT2D eigenvalue weighted by Gasteiger charge is -2.41. The van der Waals surface area contributed by atoms with Crippen LogP contribution in [0.15, 0.2) is 79.1 Å². The van der Waals surface area contributed by atoms with Gasteiger partial charge in [0.05, 0.1) is 18.6 Å². The summed E-state index contributed by atoms with van der Waals surface area (Å²) in [6.45, 7) is 1.16. The molecule has 158 valence electrons. The Kier molecular flexibility index (Phi) is 6.38. The highest BCUT2D eigenvalue weighted by molar-refractivity contribution is 6.01. The maximum absolute atomic E-state index is 13.5. The SMILES string of the molecule is COCCN1C(=O)c2ccccc2[C@@H](C(=O)NCc2cccnc2)[C@H]1c1ccccc1. The number of benzene rings is 2. The number of ether oxygens (including phenoxy) is 1. The van der Waals surface area contributed by atoms with Gasteiger partial charge in [0, 0.05) is 38.2 Å². The van der Waals surface area contributed by atoms with Gasteiger partial charge in [0.2, 0.25) is 5.91 Å². The third-order valence-electron chi connectivity index (χ3n) is 5.59. The van der Waals surface area contributed by atoms with E-state index in [2.05, 4.69) is 10.3 Å². The highest BCUT2D eigenvalue weighted by Crippen LogP contribution is 2.42. The van der Waals surface area contributed by atoms with Gasteiger partial charge >= 0.3 is 0 Å². The van der Waals surface area contributed by atoms with Crippen LogP contribution < -0.4 is 5.32 Å². The molecule has 1 aromatic heterocycles. The molecule has 4 rings (SSSR count). The molecule has 0 aliphatic carbocycles. The van der Waals surface area contributed by atoms with Crippen LogP contribution >= 0.6 is 0 Å². The lowest BCUT2D eigenvalue weighted by molar-refractivity contribution is -0.124. The van der Waals surface area contributed by atoms with Crippen LogP contribution in [0.3, 0.4) is 0 Å². The summed E-state index contributed by atoms with van der Waals surface area (Å²) in [5, 5.41) is 3.05. The summed E-state index contributed by atoms with van der Waals surface area (Å²) >= 11 is 0. The van der Waals surface area contributed by atoms with E-state index in [0.717, 1.165) is 16.7 Å². The van der Waals surface area contributed by atoms with E-state index >= 15 is 0 Å². The maximum Gasteiger partial charge on any atom is 0.254 e. The number of carbonyl (C=O) groups excluding carboxylic acids is 2. The van der Waals surface area contributed by atoms with E-state index in [-0.39, 0.29) is 11.8 Å². The highest BCUT2D eigenvalue weighted by atomic mass is 16.5. The van der Waals surface area contributed by atoms with E-state index < -0.39 is 12.0 Å². The lowest BCUT2D eigenvalue weighted by atomic mass is 9.79. The van der Waals surface area contributed by atoms with E-state index in [1.807, 2.05) is 60.7 Å². The zero-order valence-corrected chi connectivity index (χ0v) is 17.4. The molecular weight excluding hydrogens is 390 g/mol. The minimum atomic E-state index is -0.537. The Bertz CT molecular complexity index is 1040. The van der Waals surface area contributed by atoms with E-state index in [1.165, 1.54) is 0 Å². The topological polar surface area (TPSA) is 71.5 Å². The van der Waals surface area contributed by atoms with Crippen molar-refractivity contribution in [3.63, 3.8) is 0 Å². The maximum atomic E-state index is 13.5. The van der Waals surface area contributed by atoms with Crippen molar-refractivity contribution in [2.24, 2.45) is 0 Å². The summed E-state index contributed by atoms with van der Waals surface area (Å²) < 4.78 is 5.26. The van der Waals surface area contributed by atoms with Crippen LogP contribution in [0.2, 0.25) is 0 Å². The van der Waals surface area contributed by atoms with Crippen molar-refractivity contribution in [2.75, 3.05) is 20.3 Å². The van der Waals surface area contributed by atoms with Gasteiger partial charge in [-0.3, -0.25) is 14.6 Å². The average Bonchev–Trinajstić information content (AvgIpc) is 2.83. The van der Waals surface area contributed by atoms with E-state index in [1.54, 1.807) is 30.5 Å². The Hall–Kier alpha value is -3.51. The quantitative estimate of drug-likeness (QED) is 0.643. The first-order valence-corrected chi connectivity index (χ1v) is 10.3. The molecule has 0 radical (unpaired) electrons. The minimum Gasteiger partial charge on any atom is -0.383 e. The van der Waals surface area contributed by atoms with Gasteiger partial charge in [-0.1, -0.05) is 54.6 Å². The average molecular weight is 415 g/mol. The molecule has 0 bridgehead atoms. The van der Waals surface area contributed by atoms with Crippen LogP contribution in [0, 0.1) is 0 Å². The van der Waals surface area contributed by atoms with Crippen LogP contribution in [0.4, 0.5) is 0 Å². The first-order valence-electron chi connectivity index (χ1n) is 10.3. The molecule has 2 heterocycles. The number of nitrogens with zero attached hydrogens (tertiary/aromatic N) is 2. The molecule has 6 nitrogen and oxygen atoms in total. The fourth-order valence-corrected chi connectivity index (χ4v) is 4.13. The van der Waals surface area contributed by atoms with Gasteiger partial charge < -0.3 is 15.0 Å². The molecule has 3 aromatic rings. The second-order valence-electron chi connectivity index (χ2n) is 7.49. The molecule has 1 aliphatic heterocycles. The molecule has 1 aliphatic rings. The fourth-order valence-electron chi connectivity index (χ4n) is 4.13. The van der Waals surface area contributed by atoms with Crippen molar-refractivity contribution in [2.45, 2.75) is 18.5 Å². The largest absolute Gasteiger partial charge is 0.383 e. The van der Waals surface area contributed by atoms with Crippen molar-refractivity contribution >= 4 is 11.8 Å². The number of hydrogen-bond donors (Lipinski definition) is 1. The van der Waals surface area contributed by atoms with Gasteiger partial charge in [-0.2, -0.15) is 0 Å². The van der Waals surface area contributed by atoms with Crippen molar-refractivity contribution in [3.8, 4) is 0 Å². The zero-order valence-electron chi connectivity index (χ0n) is 17.4. The number of fused-ring (bicyclic) bond motifs is 1. The fraction of sp³-hybridized carbons (Fsp3) is 0.240. The van der Waals surface area contributed by atoms with Crippen molar-refractivity contribution in [1.29, 1.82) is 0 Å². The highest BCUT2D eigenvalue weighted by Gasteiger charge is 2.43. The standard InChI is InChI=1S/C25H25N3O3/c1-31-15-14-28-23(19-9-3-2-4-10-19)22(20-11-5-6-12-21(20)25(28)30)24(29)27-17-18-8-7-13-26-16-18/h2-13,16,22-23H,14-15,17H2,1H3,(H,27,29)/t22-,23-/m1/s1. The van der Waals surface area contributed by atoms with E-state index in [4.69, 9.17) is 4.74 Å². The first-order chi connectivity index (χ1) is 15.2. The Morgan fingerprint density at radius 2 is 1.84 bits per heavy atom. The monoisotopic (exact) mass is 415 g/mol. The van der Waals surface area contributed by atoms with Crippen LogP contribution in [0.25, 0.3) is 0 Å². The van der Waals surface area contributed by atoms with Gasteiger partial charge in [0.25, 0.3) is 5.91 Å². The van der Waals surface area contributed by atoms with E-state index in [9.17, 15) is 9.59 Å². The Balaban J connectivity index is 1.74. The Morgan fingerprint density at radius 3 is 2.58 bits per heavy atom. The molecule has 0 saturated heterocycles. The molecule has 1 N–H and O–H groups in total. The number of carbonyl (C=O) groups is 2. The lowest BCUT2D eigenvalue weighted by Crippen LogP contribution is -2.48. The van der Waals surface area contributed by atoms with E-state index in [0.29, 0.717) is 25.3 Å². The molecule has 0 spiro atoms. The number of rotatable bonds is 7. The molecule has 31 heavy (non-hydrogen) atoms. The molecular formula is C25H25N3O3. The van der Waals surface area contributed by atoms with Crippen LogP contribution in [-0.2, 0) is 16.1 Å². The van der Waals surface area contributed by atoms with Gasteiger partial charge in [-0.15, -0.1) is 0 Å². The summed E-state index contributed by atoms with van der Waals surface area (Å²) in [5.74, 6) is -0.747. The molecule has 0 saturated carbocycles. The molecule has 2 amide bonds. The molecule has 6 heteroatoms. The third kappa shape index (κ3) is 4.34. The Morgan fingerprint density at radius 1 is 1.06 bits per heavy atom. The summed E-state index contributed by atoms with van der Waals surface area (Å²) in [6, 6.07) is 20.4. The molecule has 2 aromatic carbocycles. The summed E-state index contributed by atoms with van der Waals surface area (Å²) in [5.41, 5.74) is 3.15. The second kappa shape index (κ2) is 9.53. The predicted octanol–water partition coefficient (Wildman–Crippen LogP) is 3.33. The van der Waals surface area contributed by atoms with Crippen LogP contribution in [0.5, 0.6) is 0 Å². The van der Waals surface area contributed by atoms with Crippen molar-refractivity contribution < 1.29 is 14.3 Å². The molecule has 0 fully saturated rings. The van der Waals surface area contributed by atoms with Crippen molar-refractivity contribution in [1.82, 2.24) is 15.2 Å². The Labute approximate surface area is 181 Å². The first kappa shape index (κ1) is 20.8. The van der Waals surface area contributed by atoms with Crippen LogP contribution in [0.1, 0.15) is 39.0 Å². The molecule has 2 atom stereocenters. The number of amides is 2. The van der Waals surface area contributed by atoms with Gasteiger partial charge in [-0.25, -0.2) is 0 Å². The van der Waals surface area contributed by atoms with Gasteiger partial charge in [0.1, 0.15) is 0 Å². The number of nitrogens with one attached hydrogen (secondary N) is 1. The van der Waals surface area contributed by atoms with Crippen LogP contribution in [-0.4, -0.2) is 42.0 Å². The normalized spacial score (nSPS) is 17.8. The number of aromatic nitrogens is 1. The number of pyridine rings is 1. The van der Waals surface area contributed by atoms with Crippen molar-refractivity contribution in [3.05, 3.63) is 101 Å². The summed E-state index contributed by atoms with van der Waals surface area (Å²) in [4.78, 5) is 32.8. The third-order valence-corrected chi connectivity index (χ3v) is 5.59. The predicted molar refractivity (Wildman–Crippen MR) is 117 cm³/mol. The zero-order chi connectivity index (χ0) is 21.6. The minimum absolute atomic E-state index is 0.0854. The smallest absolute Gasteiger partial charge is 0.254 e. The number of methoxy groups -OCH3 is 1. The van der Waals surface area contributed by atoms with Gasteiger partial charge in [-0.05, 0) is 28.8 Å². The number of hydrogen-bond acceptors (Lipinski definition) is 4. The summed E-state index contributed by atoms with van der Waals surface area (Å²) in [6.07, 6.45) is 3.44. The second-order valence-corrected chi connectivity index (χ2v) is 7.49. The van der Waals surface area contributed by atoms with Gasteiger partial charge in [0.15, 0.2) is 0 Å².